The predicted molar refractivity (Wildman–Crippen MR) is 65.0 cm³/mol. The van der Waals surface area contributed by atoms with E-state index < -0.39 is 0 Å². The predicted octanol–water partition coefficient (Wildman–Crippen LogP) is 1.10. The SMILES string of the molecule is Cl.NCc1nnc2n1Cc1ccccc1OC2. The molecular formula is C11H13ClN4O. The van der Waals surface area contributed by atoms with Crippen LogP contribution in [-0.4, -0.2) is 14.8 Å². The number of hydrogen-bond donors (Lipinski definition) is 1. The molecule has 5 nitrogen and oxygen atoms in total. The number of nitrogens with zero attached hydrogens (tertiary/aromatic N) is 3. The number of fused-ring (bicyclic) bond motifs is 2. The Morgan fingerprint density at radius 2 is 2.12 bits per heavy atom. The van der Waals surface area contributed by atoms with Crippen LogP contribution in [0.4, 0.5) is 0 Å². The fraction of sp³-hybridized carbons (Fsp3) is 0.273. The van der Waals surface area contributed by atoms with Crippen molar-refractivity contribution >= 4 is 12.4 Å². The fourth-order valence-electron chi connectivity index (χ4n) is 1.90. The summed E-state index contributed by atoms with van der Waals surface area (Å²) in [5.41, 5.74) is 6.76. The molecule has 1 aromatic heterocycles. The van der Waals surface area contributed by atoms with Crippen molar-refractivity contribution in [1.29, 1.82) is 0 Å². The molecule has 0 saturated carbocycles. The van der Waals surface area contributed by atoms with Gasteiger partial charge in [0.25, 0.3) is 0 Å². The summed E-state index contributed by atoms with van der Waals surface area (Å²) in [6.45, 7) is 1.57. The van der Waals surface area contributed by atoms with Crippen LogP contribution < -0.4 is 10.5 Å². The molecule has 2 heterocycles. The molecule has 0 bridgehead atoms. The summed E-state index contributed by atoms with van der Waals surface area (Å²) in [6.07, 6.45) is 0. The summed E-state index contributed by atoms with van der Waals surface area (Å²) in [4.78, 5) is 0. The van der Waals surface area contributed by atoms with Crippen molar-refractivity contribution in [3.8, 4) is 5.75 Å². The Balaban J connectivity index is 0.00000108. The third-order valence-electron chi connectivity index (χ3n) is 2.74. The number of ether oxygens (including phenoxy) is 1. The number of halogens is 1. The van der Waals surface area contributed by atoms with E-state index >= 15 is 0 Å². The number of nitrogens with two attached hydrogens (primary N) is 1. The molecule has 1 aromatic carbocycles. The van der Waals surface area contributed by atoms with Gasteiger partial charge in [-0.25, -0.2) is 0 Å². The lowest BCUT2D eigenvalue weighted by molar-refractivity contribution is 0.297. The van der Waals surface area contributed by atoms with Gasteiger partial charge >= 0.3 is 0 Å². The van der Waals surface area contributed by atoms with Crippen molar-refractivity contribution in [2.24, 2.45) is 5.73 Å². The summed E-state index contributed by atoms with van der Waals surface area (Å²) in [7, 11) is 0. The lowest BCUT2D eigenvalue weighted by atomic mass is 10.2. The van der Waals surface area contributed by atoms with E-state index in [1.807, 2.05) is 28.8 Å². The summed E-state index contributed by atoms with van der Waals surface area (Å²) >= 11 is 0. The first-order chi connectivity index (χ1) is 7.88. The minimum atomic E-state index is 0. The van der Waals surface area contributed by atoms with Crippen LogP contribution >= 0.6 is 12.4 Å². The highest BCUT2D eigenvalue weighted by Crippen LogP contribution is 2.24. The Morgan fingerprint density at radius 3 is 2.94 bits per heavy atom. The van der Waals surface area contributed by atoms with Crippen LogP contribution in [0.5, 0.6) is 5.75 Å². The molecule has 2 N–H and O–H groups in total. The maximum absolute atomic E-state index is 5.67. The van der Waals surface area contributed by atoms with Crippen molar-refractivity contribution in [2.75, 3.05) is 0 Å². The van der Waals surface area contributed by atoms with Gasteiger partial charge in [0, 0.05) is 5.56 Å². The summed E-state index contributed by atoms with van der Waals surface area (Å²) in [5.74, 6) is 2.54. The normalized spacial score (nSPS) is 12.8. The third kappa shape index (κ3) is 1.99. The van der Waals surface area contributed by atoms with Gasteiger partial charge in [0.05, 0.1) is 13.1 Å². The van der Waals surface area contributed by atoms with Gasteiger partial charge in [0.15, 0.2) is 5.82 Å². The van der Waals surface area contributed by atoms with Crippen molar-refractivity contribution < 1.29 is 4.74 Å². The third-order valence-corrected chi connectivity index (χ3v) is 2.74. The van der Waals surface area contributed by atoms with E-state index in [1.165, 1.54) is 0 Å². The van der Waals surface area contributed by atoms with E-state index in [0.717, 1.165) is 29.5 Å². The van der Waals surface area contributed by atoms with Gasteiger partial charge in [-0.05, 0) is 6.07 Å². The first kappa shape index (κ1) is 11.9. The molecule has 0 spiro atoms. The van der Waals surface area contributed by atoms with Gasteiger partial charge in [-0.2, -0.15) is 0 Å². The first-order valence-corrected chi connectivity index (χ1v) is 5.20. The quantitative estimate of drug-likeness (QED) is 0.825. The van der Waals surface area contributed by atoms with Crippen LogP contribution in [0.2, 0.25) is 0 Å². The average Bonchev–Trinajstić information content (AvgIpc) is 2.61. The van der Waals surface area contributed by atoms with Crippen LogP contribution in [0.25, 0.3) is 0 Å². The summed E-state index contributed by atoms with van der Waals surface area (Å²) in [6, 6.07) is 7.98. The van der Waals surface area contributed by atoms with E-state index in [4.69, 9.17) is 10.5 Å². The van der Waals surface area contributed by atoms with Crippen LogP contribution in [0.1, 0.15) is 17.2 Å². The number of rotatable bonds is 1. The fourth-order valence-corrected chi connectivity index (χ4v) is 1.90. The van der Waals surface area contributed by atoms with Crippen LogP contribution in [0, 0.1) is 0 Å². The molecule has 6 heteroatoms. The topological polar surface area (TPSA) is 66.0 Å². The van der Waals surface area contributed by atoms with E-state index in [2.05, 4.69) is 10.2 Å². The van der Waals surface area contributed by atoms with Gasteiger partial charge in [-0.3, -0.25) is 0 Å². The van der Waals surface area contributed by atoms with Crippen molar-refractivity contribution in [3.63, 3.8) is 0 Å². The number of para-hydroxylation sites is 1. The van der Waals surface area contributed by atoms with Crippen LogP contribution in [-0.2, 0) is 19.7 Å². The number of aromatic nitrogens is 3. The second-order valence-corrected chi connectivity index (χ2v) is 3.72. The van der Waals surface area contributed by atoms with Crippen LogP contribution in [0.15, 0.2) is 24.3 Å². The summed E-state index contributed by atoms with van der Waals surface area (Å²) in [5, 5.41) is 8.12. The molecule has 2 aromatic rings. The highest BCUT2D eigenvalue weighted by Gasteiger charge is 2.17. The highest BCUT2D eigenvalue weighted by molar-refractivity contribution is 5.85. The Bertz CT molecular complexity index is 526. The zero-order valence-electron chi connectivity index (χ0n) is 9.17. The van der Waals surface area contributed by atoms with Crippen molar-refractivity contribution in [3.05, 3.63) is 41.5 Å². The Kier molecular flexibility index (Phi) is 3.31. The Labute approximate surface area is 105 Å². The molecule has 0 unspecified atom stereocenters. The largest absolute Gasteiger partial charge is 0.485 e. The molecule has 1 aliphatic rings. The van der Waals surface area contributed by atoms with Gasteiger partial charge in [0.2, 0.25) is 0 Å². The second kappa shape index (κ2) is 4.73. The lowest BCUT2D eigenvalue weighted by Gasteiger charge is -2.06. The maximum Gasteiger partial charge on any atom is 0.171 e. The number of hydrogen-bond acceptors (Lipinski definition) is 4. The minimum absolute atomic E-state index is 0. The van der Waals surface area contributed by atoms with Crippen LogP contribution in [0.3, 0.4) is 0 Å². The molecule has 3 rings (SSSR count). The standard InChI is InChI=1S/C11H12N4O.ClH/c12-5-10-13-14-11-7-16-9-4-2-1-3-8(9)6-15(10)11;/h1-4H,5-7,12H2;1H. The molecule has 0 atom stereocenters. The van der Waals surface area contributed by atoms with Gasteiger partial charge in [0.1, 0.15) is 18.2 Å². The molecule has 1 aliphatic heterocycles. The first-order valence-electron chi connectivity index (χ1n) is 5.20. The van der Waals surface area contributed by atoms with Crippen molar-refractivity contribution in [2.45, 2.75) is 19.7 Å². The minimum Gasteiger partial charge on any atom is -0.485 e. The molecule has 0 radical (unpaired) electrons. The van der Waals surface area contributed by atoms with E-state index in [-0.39, 0.29) is 12.4 Å². The molecule has 0 saturated heterocycles. The Hall–Kier alpha value is -1.59. The maximum atomic E-state index is 5.67. The molecule has 0 amide bonds. The number of benzene rings is 1. The van der Waals surface area contributed by atoms with Gasteiger partial charge in [-0.1, -0.05) is 18.2 Å². The molecule has 0 aliphatic carbocycles. The van der Waals surface area contributed by atoms with E-state index in [9.17, 15) is 0 Å². The zero-order valence-corrected chi connectivity index (χ0v) is 9.98. The summed E-state index contributed by atoms with van der Waals surface area (Å²) < 4.78 is 7.69. The molecule has 90 valence electrons. The average molecular weight is 253 g/mol. The van der Waals surface area contributed by atoms with Gasteiger partial charge < -0.3 is 15.0 Å². The highest BCUT2D eigenvalue weighted by atomic mass is 35.5. The second-order valence-electron chi connectivity index (χ2n) is 3.72. The monoisotopic (exact) mass is 252 g/mol. The Morgan fingerprint density at radius 1 is 1.29 bits per heavy atom. The molecule has 0 fully saturated rings. The molecule has 17 heavy (non-hydrogen) atoms. The van der Waals surface area contributed by atoms with E-state index in [1.54, 1.807) is 0 Å². The smallest absolute Gasteiger partial charge is 0.171 e. The lowest BCUT2D eigenvalue weighted by Crippen LogP contribution is -2.10. The van der Waals surface area contributed by atoms with E-state index in [0.29, 0.717) is 13.2 Å². The van der Waals surface area contributed by atoms with Gasteiger partial charge in [-0.15, -0.1) is 22.6 Å². The molecular weight excluding hydrogens is 240 g/mol. The zero-order chi connectivity index (χ0) is 11.0. The van der Waals surface area contributed by atoms with Crippen molar-refractivity contribution in [1.82, 2.24) is 14.8 Å².